The number of hydrogen-bond donors (Lipinski definition) is 0. The van der Waals surface area contributed by atoms with E-state index in [1.54, 1.807) is 5.06 Å². The number of rotatable bonds is 1. The van der Waals surface area contributed by atoms with Crippen LogP contribution in [0.5, 0.6) is 0 Å². The van der Waals surface area contributed by atoms with E-state index >= 15 is 0 Å². The van der Waals surface area contributed by atoms with Crippen LogP contribution in [0.4, 0.5) is 5.69 Å². The minimum atomic E-state index is -0.0394. The Morgan fingerprint density at radius 1 is 1.25 bits per heavy atom. The Balaban J connectivity index is 0.000000457. The highest BCUT2D eigenvalue weighted by Gasteiger charge is 2.45. The topological polar surface area (TPSA) is 29.5 Å². The van der Waals surface area contributed by atoms with Crippen LogP contribution in [0, 0.1) is 0 Å². The molecule has 0 amide bonds. The molecular weight excluding hydrogens is 202 g/mol. The van der Waals surface area contributed by atoms with Crippen molar-refractivity contribution in [2.45, 2.75) is 38.8 Å². The Hall–Kier alpha value is -1.35. The van der Waals surface area contributed by atoms with Gasteiger partial charge in [0.15, 0.2) is 5.78 Å². The fourth-order valence-corrected chi connectivity index (χ4v) is 2.18. The summed E-state index contributed by atoms with van der Waals surface area (Å²) in [6.45, 7) is 4.00. The van der Waals surface area contributed by atoms with Crippen LogP contribution in [-0.2, 0) is 9.63 Å². The molecule has 1 aromatic carbocycles. The van der Waals surface area contributed by atoms with E-state index < -0.39 is 0 Å². The van der Waals surface area contributed by atoms with E-state index in [1.165, 1.54) is 0 Å². The van der Waals surface area contributed by atoms with Gasteiger partial charge in [0.05, 0.1) is 11.8 Å². The van der Waals surface area contributed by atoms with Crippen molar-refractivity contribution in [3.8, 4) is 0 Å². The molecular formula is C13H17NO2. The van der Waals surface area contributed by atoms with Gasteiger partial charge in [0.2, 0.25) is 0 Å². The van der Waals surface area contributed by atoms with E-state index in [9.17, 15) is 4.79 Å². The van der Waals surface area contributed by atoms with Gasteiger partial charge in [-0.15, -0.1) is 0 Å². The Labute approximate surface area is 96.0 Å². The number of anilines is 1. The summed E-state index contributed by atoms with van der Waals surface area (Å²) in [7, 11) is 0. The highest BCUT2D eigenvalue weighted by molar-refractivity contribution is 5.90. The third kappa shape index (κ3) is 1.83. The van der Waals surface area contributed by atoms with E-state index in [0.29, 0.717) is 12.2 Å². The zero-order chi connectivity index (χ0) is 11.5. The molecule has 86 valence electrons. The second-order valence-electron chi connectivity index (χ2n) is 3.81. The number of hydroxylamine groups is 1. The largest absolute Gasteiger partial charge is 0.297 e. The Morgan fingerprint density at radius 3 is 2.50 bits per heavy atom. The summed E-state index contributed by atoms with van der Waals surface area (Å²) < 4.78 is 0. The number of para-hydroxylation sites is 1. The van der Waals surface area contributed by atoms with Gasteiger partial charge < -0.3 is 0 Å². The van der Waals surface area contributed by atoms with Crippen molar-refractivity contribution < 1.29 is 9.63 Å². The van der Waals surface area contributed by atoms with Gasteiger partial charge in [-0.3, -0.25) is 9.63 Å². The van der Waals surface area contributed by atoms with Crippen LogP contribution in [0.1, 0.15) is 26.7 Å². The monoisotopic (exact) mass is 219 g/mol. The van der Waals surface area contributed by atoms with E-state index in [1.807, 2.05) is 44.2 Å². The fraction of sp³-hybridized carbons (Fsp3) is 0.462. The summed E-state index contributed by atoms with van der Waals surface area (Å²) in [5.41, 5.74) is 0.980. The van der Waals surface area contributed by atoms with Gasteiger partial charge in [-0.1, -0.05) is 32.0 Å². The SMILES string of the molecule is CC.O=C1CC2CC1N(c1ccccc1)O2. The molecule has 2 aliphatic rings. The van der Waals surface area contributed by atoms with Gasteiger partial charge in [0.25, 0.3) is 0 Å². The smallest absolute Gasteiger partial charge is 0.160 e. The minimum Gasteiger partial charge on any atom is -0.297 e. The van der Waals surface area contributed by atoms with Crippen molar-refractivity contribution in [3.63, 3.8) is 0 Å². The highest BCUT2D eigenvalue weighted by Crippen LogP contribution is 2.35. The van der Waals surface area contributed by atoms with Gasteiger partial charge in [-0.25, -0.2) is 5.06 Å². The number of benzene rings is 1. The molecule has 3 heteroatoms. The van der Waals surface area contributed by atoms with Crippen LogP contribution in [-0.4, -0.2) is 17.9 Å². The highest BCUT2D eigenvalue weighted by atomic mass is 16.7. The zero-order valence-electron chi connectivity index (χ0n) is 9.72. The lowest BCUT2D eigenvalue weighted by Gasteiger charge is -2.26. The Kier molecular flexibility index (Phi) is 3.25. The van der Waals surface area contributed by atoms with Crippen LogP contribution in [0.3, 0.4) is 0 Å². The normalized spacial score (nSPS) is 26.6. The van der Waals surface area contributed by atoms with E-state index in [0.717, 1.165) is 12.1 Å². The summed E-state index contributed by atoms with van der Waals surface area (Å²) in [5.74, 6) is 0.310. The lowest BCUT2D eigenvalue weighted by molar-refractivity contribution is -0.123. The molecule has 2 atom stereocenters. The van der Waals surface area contributed by atoms with Crippen LogP contribution in [0.25, 0.3) is 0 Å². The second-order valence-corrected chi connectivity index (χ2v) is 3.81. The first-order valence-electron chi connectivity index (χ1n) is 5.88. The molecule has 2 fully saturated rings. The third-order valence-electron chi connectivity index (χ3n) is 2.84. The molecule has 16 heavy (non-hydrogen) atoms. The fourth-order valence-electron chi connectivity index (χ4n) is 2.18. The van der Waals surface area contributed by atoms with E-state index in [4.69, 9.17) is 4.84 Å². The van der Waals surface area contributed by atoms with Gasteiger partial charge >= 0.3 is 0 Å². The number of fused-ring (bicyclic) bond motifs is 2. The summed E-state index contributed by atoms with van der Waals surface area (Å²) in [4.78, 5) is 17.1. The van der Waals surface area contributed by atoms with Gasteiger partial charge in [0, 0.05) is 12.8 Å². The first-order valence-corrected chi connectivity index (χ1v) is 5.88. The molecule has 3 nitrogen and oxygen atoms in total. The van der Waals surface area contributed by atoms with Gasteiger partial charge in [-0.05, 0) is 12.1 Å². The van der Waals surface area contributed by atoms with Crippen LogP contribution >= 0.6 is 0 Å². The molecule has 0 radical (unpaired) electrons. The standard InChI is InChI=1S/C11H11NO2.C2H6/c13-11-7-9-6-10(11)12(14-9)8-4-2-1-3-5-8;1-2/h1-5,9-10H,6-7H2;1-2H3. The molecule has 0 N–H and O–H groups in total. The molecule has 1 aliphatic heterocycles. The molecule has 1 heterocycles. The van der Waals surface area contributed by atoms with Crippen molar-refractivity contribution in [2.75, 3.05) is 5.06 Å². The molecule has 2 unspecified atom stereocenters. The summed E-state index contributed by atoms with van der Waals surface area (Å²) in [5, 5.41) is 1.76. The number of Topliss-reactive ketones (excluding diaryl/α,β-unsaturated/α-hetero) is 1. The Bertz CT molecular complexity index is 363. The van der Waals surface area contributed by atoms with Crippen molar-refractivity contribution >= 4 is 11.5 Å². The summed E-state index contributed by atoms with van der Waals surface area (Å²) in [6.07, 6.45) is 1.56. The molecule has 0 spiro atoms. The molecule has 1 saturated carbocycles. The van der Waals surface area contributed by atoms with Gasteiger partial charge in [0.1, 0.15) is 6.04 Å². The minimum absolute atomic E-state index is 0.0394. The zero-order valence-corrected chi connectivity index (χ0v) is 9.72. The van der Waals surface area contributed by atoms with Crippen molar-refractivity contribution in [1.29, 1.82) is 0 Å². The van der Waals surface area contributed by atoms with Gasteiger partial charge in [-0.2, -0.15) is 0 Å². The molecule has 1 aromatic rings. The average Bonchev–Trinajstić information content (AvgIpc) is 2.91. The molecule has 1 aliphatic carbocycles. The van der Waals surface area contributed by atoms with Crippen LogP contribution in [0.2, 0.25) is 0 Å². The maximum absolute atomic E-state index is 11.5. The van der Waals surface area contributed by atoms with E-state index in [-0.39, 0.29) is 12.1 Å². The number of ketones is 1. The van der Waals surface area contributed by atoms with Crippen molar-refractivity contribution in [2.24, 2.45) is 0 Å². The predicted octanol–water partition coefficient (Wildman–Crippen LogP) is 2.56. The molecule has 2 bridgehead atoms. The summed E-state index contributed by atoms with van der Waals surface area (Å²) in [6, 6.07) is 9.76. The third-order valence-corrected chi connectivity index (χ3v) is 2.84. The summed E-state index contributed by atoms with van der Waals surface area (Å²) >= 11 is 0. The lowest BCUT2D eigenvalue weighted by Crippen LogP contribution is -2.37. The molecule has 3 rings (SSSR count). The van der Waals surface area contributed by atoms with Crippen LogP contribution in [0.15, 0.2) is 30.3 Å². The van der Waals surface area contributed by atoms with Crippen LogP contribution < -0.4 is 5.06 Å². The molecule has 1 saturated heterocycles. The second kappa shape index (κ2) is 4.66. The van der Waals surface area contributed by atoms with E-state index in [2.05, 4.69) is 0 Å². The van der Waals surface area contributed by atoms with Crippen molar-refractivity contribution in [3.05, 3.63) is 30.3 Å². The average molecular weight is 219 g/mol. The van der Waals surface area contributed by atoms with Crippen molar-refractivity contribution in [1.82, 2.24) is 0 Å². The number of nitrogens with zero attached hydrogens (tertiary/aromatic N) is 1. The first-order chi connectivity index (χ1) is 7.84. The molecule has 0 aromatic heterocycles. The first kappa shape index (κ1) is 11.1. The predicted molar refractivity (Wildman–Crippen MR) is 63.2 cm³/mol. The maximum Gasteiger partial charge on any atom is 0.160 e. The number of carbonyl (C=O) groups excluding carboxylic acids is 1. The number of hydrogen-bond acceptors (Lipinski definition) is 3. The lowest BCUT2D eigenvalue weighted by atomic mass is 10.2. The maximum atomic E-state index is 11.5. The Morgan fingerprint density at radius 2 is 1.94 bits per heavy atom. The quantitative estimate of drug-likeness (QED) is 0.727. The number of carbonyl (C=O) groups is 1.